The van der Waals surface area contributed by atoms with E-state index in [2.05, 4.69) is 9.97 Å². The van der Waals surface area contributed by atoms with Crippen LogP contribution in [0.4, 0.5) is 0 Å². The van der Waals surface area contributed by atoms with Crippen molar-refractivity contribution < 1.29 is 19.1 Å². The molecule has 0 bridgehead atoms. The number of nitrogens with zero attached hydrogens (tertiary/aromatic N) is 1. The highest BCUT2D eigenvalue weighted by atomic mass is 35.5. The summed E-state index contributed by atoms with van der Waals surface area (Å²) in [6, 6.07) is 14.8. The van der Waals surface area contributed by atoms with E-state index in [1.165, 1.54) is 13.2 Å². The lowest BCUT2D eigenvalue weighted by atomic mass is 10.1. The number of benzene rings is 2. The highest BCUT2D eigenvalue weighted by Gasteiger charge is 2.19. The first-order valence-electron chi connectivity index (χ1n) is 10.1. The molecule has 3 rings (SSSR count). The van der Waals surface area contributed by atoms with Crippen LogP contribution in [0.15, 0.2) is 54.6 Å². The molecule has 0 fully saturated rings. The number of aromatic amines is 1. The quantitative estimate of drug-likeness (QED) is 0.396. The minimum atomic E-state index is -0.526. The van der Waals surface area contributed by atoms with E-state index in [-0.39, 0.29) is 5.97 Å². The minimum Gasteiger partial charge on any atom is -0.464 e. The molecule has 0 aliphatic rings. The largest absolute Gasteiger partial charge is 0.464 e. The molecule has 0 aliphatic heterocycles. The van der Waals surface area contributed by atoms with Crippen molar-refractivity contribution in [1.82, 2.24) is 9.97 Å². The highest BCUT2D eigenvalue weighted by Crippen LogP contribution is 2.25. The molecule has 7 heteroatoms. The number of hydrogen-bond acceptors (Lipinski definition) is 5. The first-order chi connectivity index (χ1) is 15.1. The van der Waals surface area contributed by atoms with E-state index in [1.807, 2.05) is 45.0 Å². The van der Waals surface area contributed by atoms with Gasteiger partial charge in [0.2, 0.25) is 0 Å². The number of hydrogen-bond donors (Lipinski definition) is 1. The standard InChI is InChI=1S/C25H25ClN2O4/c1-25(2,3)32-21(29)14-9-16-5-7-17(8-6-16)15-20-27-22(23(28-20)24(30)31-4)18-10-12-19(26)13-11-18/h5-14H,15H2,1-4H3,(H,27,28). The number of carbonyl (C=O) groups excluding carboxylic acids is 2. The lowest BCUT2D eigenvalue weighted by Gasteiger charge is -2.17. The molecule has 2 aromatic carbocycles. The minimum absolute atomic E-state index is 0.293. The average Bonchev–Trinajstić information content (AvgIpc) is 3.15. The van der Waals surface area contributed by atoms with Gasteiger partial charge >= 0.3 is 11.9 Å². The van der Waals surface area contributed by atoms with E-state index in [1.54, 1.807) is 30.3 Å². The Hall–Kier alpha value is -3.38. The number of aromatic nitrogens is 2. The third kappa shape index (κ3) is 6.31. The molecule has 32 heavy (non-hydrogen) atoms. The van der Waals surface area contributed by atoms with Gasteiger partial charge in [-0.1, -0.05) is 48.0 Å². The number of carbonyl (C=O) groups is 2. The van der Waals surface area contributed by atoms with Gasteiger partial charge in [-0.25, -0.2) is 14.6 Å². The van der Waals surface area contributed by atoms with E-state index < -0.39 is 11.6 Å². The number of rotatable bonds is 6. The third-order valence-electron chi connectivity index (χ3n) is 4.43. The molecule has 0 saturated carbocycles. The van der Waals surface area contributed by atoms with Crippen LogP contribution in [0.3, 0.4) is 0 Å². The van der Waals surface area contributed by atoms with Gasteiger partial charge in [0.1, 0.15) is 17.1 Å². The lowest BCUT2D eigenvalue weighted by Crippen LogP contribution is -2.22. The van der Waals surface area contributed by atoms with Gasteiger partial charge in [0.25, 0.3) is 0 Å². The summed E-state index contributed by atoms with van der Waals surface area (Å²) in [4.78, 5) is 31.7. The Morgan fingerprint density at radius 3 is 2.31 bits per heavy atom. The molecule has 0 spiro atoms. The van der Waals surface area contributed by atoms with Gasteiger partial charge in [-0.2, -0.15) is 0 Å². The van der Waals surface area contributed by atoms with Crippen molar-refractivity contribution in [2.45, 2.75) is 32.8 Å². The maximum atomic E-state index is 12.2. The number of esters is 2. The Labute approximate surface area is 192 Å². The lowest BCUT2D eigenvalue weighted by molar-refractivity contribution is -0.148. The van der Waals surface area contributed by atoms with Crippen molar-refractivity contribution in [2.24, 2.45) is 0 Å². The zero-order chi connectivity index (χ0) is 23.3. The molecule has 1 N–H and O–H groups in total. The second kappa shape index (κ2) is 9.83. The predicted octanol–water partition coefficient (Wildman–Crippen LogP) is 5.46. The third-order valence-corrected chi connectivity index (χ3v) is 4.68. The van der Waals surface area contributed by atoms with E-state index >= 15 is 0 Å². The summed E-state index contributed by atoms with van der Waals surface area (Å²) in [5, 5.41) is 0.602. The van der Waals surface area contributed by atoms with E-state index in [4.69, 9.17) is 21.1 Å². The van der Waals surface area contributed by atoms with Crippen molar-refractivity contribution in [3.8, 4) is 11.3 Å². The van der Waals surface area contributed by atoms with Gasteiger partial charge in [0.05, 0.1) is 7.11 Å². The van der Waals surface area contributed by atoms with Crippen LogP contribution in [0.5, 0.6) is 0 Å². The summed E-state index contributed by atoms with van der Waals surface area (Å²) in [5.74, 6) is -0.244. The molecule has 0 unspecified atom stereocenters. The summed E-state index contributed by atoms with van der Waals surface area (Å²) < 4.78 is 10.2. The Morgan fingerprint density at radius 1 is 1.06 bits per heavy atom. The van der Waals surface area contributed by atoms with E-state index in [0.29, 0.717) is 28.7 Å². The van der Waals surface area contributed by atoms with Crippen LogP contribution in [-0.2, 0) is 20.7 Å². The number of imidazole rings is 1. The molecule has 3 aromatic rings. The predicted molar refractivity (Wildman–Crippen MR) is 125 cm³/mol. The van der Waals surface area contributed by atoms with E-state index in [0.717, 1.165) is 16.7 Å². The normalized spacial score (nSPS) is 11.5. The first kappa shape index (κ1) is 23.3. The van der Waals surface area contributed by atoms with Crippen LogP contribution in [0.2, 0.25) is 5.02 Å². The molecule has 6 nitrogen and oxygen atoms in total. The molecular formula is C25H25ClN2O4. The summed E-state index contributed by atoms with van der Waals surface area (Å²) in [6.07, 6.45) is 3.61. The second-order valence-electron chi connectivity index (χ2n) is 8.19. The molecule has 0 aliphatic carbocycles. The summed E-state index contributed by atoms with van der Waals surface area (Å²) >= 11 is 5.97. The Kier molecular flexibility index (Phi) is 7.15. The molecule has 0 atom stereocenters. The SMILES string of the molecule is COC(=O)c1[nH]c(Cc2ccc(C=CC(=O)OC(C)(C)C)cc2)nc1-c1ccc(Cl)cc1. The highest BCUT2D eigenvalue weighted by molar-refractivity contribution is 6.30. The zero-order valence-corrected chi connectivity index (χ0v) is 19.2. The second-order valence-corrected chi connectivity index (χ2v) is 8.63. The van der Waals surface area contributed by atoms with Gasteiger partial charge in [-0.05, 0) is 50.1 Å². The monoisotopic (exact) mass is 452 g/mol. The van der Waals surface area contributed by atoms with Crippen LogP contribution in [-0.4, -0.2) is 34.6 Å². The molecular weight excluding hydrogens is 428 g/mol. The topological polar surface area (TPSA) is 81.3 Å². The van der Waals surface area contributed by atoms with Crippen molar-refractivity contribution in [3.05, 3.63) is 82.3 Å². The molecule has 1 heterocycles. The fourth-order valence-electron chi connectivity index (χ4n) is 3.01. The zero-order valence-electron chi connectivity index (χ0n) is 18.4. The molecule has 0 amide bonds. The smallest absolute Gasteiger partial charge is 0.356 e. The van der Waals surface area contributed by atoms with Crippen molar-refractivity contribution in [3.63, 3.8) is 0 Å². The van der Waals surface area contributed by atoms with Gasteiger partial charge in [-0.3, -0.25) is 0 Å². The van der Waals surface area contributed by atoms with Gasteiger partial charge < -0.3 is 14.5 Å². The van der Waals surface area contributed by atoms with Crippen molar-refractivity contribution in [1.29, 1.82) is 0 Å². The van der Waals surface area contributed by atoms with Crippen LogP contribution in [0.1, 0.15) is 48.2 Å². The maximum Gasteiger partial charge on any atom is 0.356 e. The molecule has 0 radical (unpaired) electrons. The first-order valence-corrected chi connectivity index (χ1v) is 10.5. The van der Waals surface area contributed by atoms with Crippen LogP contribution >= 0.6 is 11.6 Å². The fraction of sp³-hybridized carbons (Fsp3) is 0.240. The number of halogens is 1. The number of nitrogens with one attached hydrogen (secondary N) is 1. The molecule has 166 valence electrons. The number of methoxy groups -OCH3 is 1. The summed E-state index contributed by atoms with van der Waals surface area (Å²) in [5.41, 5.74) is 2.91. The van der Waals surface area contributed by atoms with Crippen LogP contribution in [0, 0.1) is 0 Å². The fourth-order valence-corrected chi connectivity index (χ4v) is 3.14. The van der Waals surface area contributed by atoms with Crippen LogP contribution < -0.4 is 0 Å². The molecule has 0 saturated heterocycles. The molecule has 1 aromatic heterocycles. The summed E-state index contributed by atoms with van der Waals surface area (Å²) in [6.45, 7) is 5.48. The Bertz CT molecular complexity index is 1120. The Morgan fingerprint density at radius 2 is 1.72 bits per heavy atom. The van der Waals surface area contributed by atoms with Crippen molar-refractivity contribution >= 4 is 29.6 Å². The van der Waals surface area contributed by atoms with Gasteiger partial charge in [0, 0.05) is 23.1 Å². The van der Waals surface area contributed by atoms with Crippen molar-refractivity contribution in [2.75, 3.05) is 7.11 Å². The number of ether oxygens (including phenoxy) is 2. The van der Waals surface area contributed by atoms with Crippen LogP contribution in [0.25, 0.3) is 17.3 Å². The van der Waals surface area contributed by atoms with E-state index in [9.17, 15) is 9.59 Å². The Balaban J connectivity index is 1.76. The number of H-pyrrole nitrogens is 1. The maximum absolute atomic E-state index is 12.2. The van der Waals surface area contributed by atoms with Gasteiger partial charge in [-0.15, -0.1) is 0 Å². The summed E-state index contributed by atoms with van der Waals surface area (Å²) in [7, 11) is 1.33. The average molecular weight is 453 g/mol. The van der Waals surface area contributed by atoms with Gasteiger partial charge in [0.15, 0.2) is 5.69 Å².